The Morgan fingerprint density at radius 2 is 1.89 bits per heavy atom. The predicted molar refractivity (Wildman–Crippen MR) is 75.4 cm³/mol. The van der Waals surface area contributed by atoms with Gasteiger partial charge in [0, 0.05) is 6.54 Å². The van der Waals surface area contributed by atoms with E-state index in [2.05, 4.69) is 30.9 Å². The Labute approximate surface area is 111 Å². The monoisotopic (exact) mass is 251 g/mol. The molecule has 18 heavy (non-hydrogen) atoms. The van der Waals surface area contributed by atoms with Crippen molar-refractivity contribution in [3.63, 3.8) is 0 Å². The van der Waals surface area contributed by atoms with Gasteiger partial charge in [-0.15, -0.1) is 0 Å². The molecule has 0 radical (unpaired) electrons. The van der Waals surface area contributed by atoms with Gasteiger partial charge in [-0.25, -0.2) is 0 Å². The molecule has 0 unspecified atom stereocenters. The Hall–Kier alpha value is -1.22. The van der Waals surface area contributed by atoms with Crippen LogP contribution >= 0.6 is 0 Å². The molecule has 1 rings (SSSR count). The van der Waals surface area contributed by atoms with Crippen LogP contribution in [0, 0.1) is 0 Å². The first-order chi connectivity index (χ1) is 8.74. The van der Waals surface area contributed by atoms with Crippen LogP contribution < -0.4 is 9.47 Å². The lowest BCUT2D eigenvalue weighted by atomic mass is 10.2. The molecule has 3 heteroatoms. The minimum absolute atomic E-state index is 0.659. The van der Waals surface area contributed by atoms with Crippen LogP contribution in [0.2, 0.25) is 0 Å². The predicted octanol–water partition coefficient (Wildman–Crippen LogP) is 3.33. The largest absolute Gasteiger partial charge is 0.493 e. The lowest BCUT2D eigenvalue weighted by Crippen LogP contribution is -2.23. The number of ether oxygens (including phenoxy) is 2. The van der Waals surface area contributed by atoms with Crippen molar-refractivity contribution in [1.82, 2.24) is 4.90 Å². The van der Waals surface area contributed by atoms with E-state index in [0.29, 0.717) is 6.61 Å². The fourth-order valence-electron chi connectivity index (χ4n) is 2.01. The zero-order valence-corrected chi connectivity index (χ0v) is 12.0. The van der Waals surface area contributed by atoms with Crippen LogP contribution in [-0.2, 0) is 6.54 Å². The Morgan fingerprint density at radius 3 is 2.44 bits per heavy atom. The van der Waals surface area contributed by atoms with Gasteiger partial charge in [-0.05, 0) is 44.1 Å². The highest BCUT2D eigenvalue weighted by Crippen LogP contribution is 2.28. The van der Waals surface area contributed by atoms with E-state index < -0.39 is 0 Å². The molecular weight excluding hydrogens is 226 g/mol. The van der Waals surface area contributed by atoms with Crippen molar-refractivity contribution in [3.05, 3.63) is 23.8 Å². The van der Waals surface area contributed by atoms with Crippen molar-refractivity contribution in [2.75, 3.05) is 26.8 Å². The normalized spacial score (nSPS) is 10.7. The van der Waals surface area contributed by atoms with E-state index in [4.69, 9.17) is 9.47 Å². The molecule has 0 amide bonds. The van der Waals surface area contributed by atoms with Crippen LogP contribution in [0.25, 0.3) is 0 Å². The third-order valence-corrected chi connectivity index (χ3v) is 2.92. The number of rotatable bonds is 8. The molecule has 0 aromatic heterocycles. The average molecular weight is 251 g/mol. The highest BCUT2D eigenvalue weighted by atomic mass is 16.5. The maximum atomic E-state index is 5.52. The van der Waals surface area contributed by atoms with Crippen molar-refractivity contribution in [1.29, 1.82) is 0 Å². The zero-order valence-electron chi connectivity index (χ0n) is 12.0. The van der Waals surface area contributed by atoms with Gasteiger partial charge < -0.3 is 9.47 Å². The second-order valence-corrected chi connectivity index (χ2v) is 4.29. The highest BCUT2D eigenvalue weighted by molar-refractivity contribution is 5.42. The minimum atomic E-state index is 0.659. The van der Waals surface area contributed by atoms with E-state index >= 15 is 0 Å². The smallest absolute Gasteiger partial charge is 0.161 e. The molecule has 0 saturated heterocycles. The minimum Gasteiger partial charge on any atom is -0.493 e. The standard InChI is InChI=1S/C15H25NO2/c1-5-10-16(6-2)12-13-8-9-14(18-7-3)15(11-13)17-4/h8-9,11H,5-7,10,12H2,1-4H3. The van der Waals surface area contributed by atoms with Crippen molar-refractivity contribution in [2.45, 2.75) is 33.7 Å². The molecule has 0 N–H and O–H groups in total. The van der Waals surface area contributed by atoms with Gasteiger partial charge >= 0.3 is 0 Å². The Bertz CT molecular complexity index is 352. The van der Waals surface area contributed by atoms with Crippen molar-refractivity contribution in [3.8, 4) is 11.5 Å². The number of benzene rings is 1. The van der Waals surface area contributed by atoms with Crippen LogP contribution in [0.1, 0.15) is 32.8 Å². The van der Waals surface area contributed by atoms with Gasteiger partial charge in [0.1, 0.15) is 0 Å². The summed E-state index contributed by atoms with van der Waals surface area (Å²) in [5.41, 5.74) is 1.27. The molecule has 0 heterocycles. The van der Waals surface area contributed by atoms with E-state index in [1.807, 2.05) is 13.0 Å². The quantitative estimate of drug-likeness (QED) is 0.707. The Balaban J connectivity index is 2.77. The summed E-state index contributed by atoms with van der Waals surface area (Å²) in [7, 11) is 1.69. The second-order valence-electron chi connectivity index (χ2n) is 4.29. The fraction of sp³-hybridized carbons (Fsp3) is 0.600. The van der Waals surface area contributed by atoms with E-state index in [1.165, 1.54) is 12.0 Å². The van der Waals surface area contributed by atoms with E-state index in [0.717, 1.165) is 31.1 Å². The second kappa shape index (κ2) is 7.98. The molecule has 0 saturated carbocycles. The summed E-state index contributed by atoms with van der Waals surface area (Å²) < 4.78 is 10.9. The molecule has 102 valence electrons. The molecule has 1 aromatic rings. The summed E-state index contributed by atoms with van der Waals surface area (Å²) in [6, 6.07) is 6.19. The molecule has 0 bridgehead atoms. The van der Waals surface area contributed by atoms with Gasteiger partial charge in [0.2, 0.25) is 0 Å². The van der Waals surface area contributed by atoms with Crippen LogP contribution in [0.4, 0.5) is 0 Å². The van der Waals surface area contributed by atoms with Gasteiger partial charge in [-0.2, -0.15) is 0 Å². The van der Waals surface area contributed by atoms with Gasteiger partial charge in [0.25, 0.3) is 0 Å². The van der Waals surface area contributed by atoms with Crippen LogP contribution in [0.5, 0.6) is 11.5 Å². The fourth-order valence-corrected chi connectivity index (χ4v) is 2.01. The van der Waals surface area contributed by atoms with E-state index in [9.17, 15) is 0 Å². The molecule has 0 aliphatic carbocycles. The number of hydrogen-bond donors (Lipinski definition) is 0. The summed E-state index contributed by atoms with van der Waals surface area (Å²) in [5.74, 6) is 1.64. The highest BCUT2D eigenvalue weighted by Gasteiger charge is 2.07. The number of methoxy groups -OCH3 is 1. The van der Waals surface area contributed by atoms with Gasteiger partial charge in [-0.3, -0.25) is 4.90 Å². The molecule has 1 aromatic carbocycles. The topological polar surface area (TPSA) is 21.7 Å². The molecule has 3 nitrogen and oxygen atoms in total. The van der Waals surface area contributed by atoms with Crippen LogP contribution in [-0.4, -0.2) is 31.7 Å². The first-order valence-electron chi connectivity index (χ1n) is 6.77. The lowest BCUT2D eigenvalue weighted by Gasteiger charge is -2.20. The van der Waals surface area contributed by atoms with E-state index in [1.54, 1.807) is 7.11 Å². The zero-order chi connectivity index (χ0) is 13.4. The summed E-state index contributed by atoms with van der Waals surface area (Å²) in [5, 5.41) is 0. The first kappa shape index (κ1) is 14.8. The van der Waals surface area contributed by atoms with Gasteiger partial charge in [-0.1, -0.05) is 19.9 Å². The van der Waals surface area contributed by atoms with Crippen LogP contribution in [0.15, 0.2) is 18.2 Å². The molecule has 0 atom stereocenters. The van der Waals surface area contributed by atoms with Crippen molar-refractivity contribution >= 4 is 0 Å². The molecule has 0 aliphatic rings. The summed E-state index contributed by atoms with van der Waals surface area (Å²) in [6.07, 6.45) is 1.18. The van der Waals surface area contributed by atoms with Crippen molar-refractivity contribution in [2.24, 2.45) is 0 Å². The molecule has 0 fully saturated rings. The Kier molecular flexibility index (Phi) is 6.58. The van der Waals surface area contributed by atoms with E-state index in [-0.39, 0.29) is 0 Å². The average Bonchev–Trinajstić information content (AvgIpc) is 2.40. The van der Waals surface area contributed by atoms with Crippen LogP contribution in [0.3, 0.4) is 0 Å². The van der Waals surface area contributed by atoms with Crippen molar-refractivity contribution < 1.29 is 9.47 Å². The number of hydrogen-bond acceptors (Lipinski definition) is 3. The third kappa shape index (κ3) is 4.22. The first-order valence-corrected chi connectivity index (χ1v) is 6.77. The van der Waals surface area contributed by atoms with Gasteiger partial charge in [0.15, 0.2) is 11.5 Å². The number of nitrogens with zero attached hydrogens (tertiary/aromatic N) is 1. The lowest BCUT2D eigenvalue weighted by molar-refractivity contribution is 0.278. The Morgan fingerprint density at radius 1 is 1.11 bits per heavy atom. The molecule has 0 aliphatic heterocycles. The maximum Gasteiger partial charge on any atom is 0.161 e. The summed E-state index contributed by atoms with van der Waals surface area (Å²) >= 11 is 0. The SMILES string of the molecule is CCCN(CC)Cc1ccc(OCC)c(OC)c1. The summed E-state index contributed by atoms with van der Waals surface area (Å²) in [6.45, 7) is 10.2. The third-order valence-electron chi connectivity index (χ3n) is 2.92. The molecular formula is C15H25NO2. The van der Waals surface area contributed by atoms with Gasteiger partial charge in [0.05, 0.1) is 13.7 Å². The molecule has 0 spiro atoms. The maximum absolute atomic E-state index is 5.52. The summed E-state index contributed by atoms with van der Waals surface area (Å²) in [4.78, 5) is 2.43.